The Morgan fingerprint density at radius 1 is 1.42 bits per heavy atom. The first-order valence-electron chi connectivity index (χ1n) is 3.99. The summed E-state index contributed by atoms with van der Waals surface area (Å²) in [4.78, 5) is 3.98. The van der Waals surface area contributed by atoms with Crippen LogP contribution in [0.25, 0.3) is 0 Å². The highest BCUT2D eigenvalue weighted by Crippen LogP contribution is 2.27. The molecular weight excluding hydrogens is 150 g/mol. The molecule has 0 atom stereocenters. The quantitative estimate of drug-likeness (QED) is 0.614. The molecule has 0 spiro atoms. The molecule has 1 aliphatic rings. The van der Waals surface area contributed by atoms with E-state index in [4.69, 9.17) is 11.0 Å². The fraction of sp³-hybridized carbons (Fsp3) is 0.333. The number of aromatic nitrogens is 1. The second-order valence-electron chi connectivity index (χ2n) is 2.98. The Balaban J connectivity index is 2.66. The van der Waals surface area contributed by atoms with Crippen LogP contribution in [-0.4, -0.2) is 4.98 Å². The standard InChI is InChI=1S/C9H9N3/c10-4-6-5-12-9(11)8-3-1-2-7(6)8/h5H,1-3H2,(H2,11,12). The van der Waals surface area contributed by atoms with Gasteiger partial charge < -0.3 is 5.73 Å². The van der Waals surface area contributed by atoms with Crippen LogP contribution >= 0.6 is 0 Å². The fourth-order valence-electron chi connectivity index (χ4n) is 1.71. The van der Waals surface area contributed by atoms with E-state index in [1.165, 1.54) is 0 Å². The van der Waals surface area contributed by atoms with Gasteiger partial charge in [-0.1, -0.05) is 0 Å². The molecule has 2 N–H and O–H groups in total. The minimum atomic E-state index is 0.599. The average Bonchev–Trinajstić information content (AvgIpc) is 2.54. The summed E-state index contributed by atoms with van der Waals surface area (Å²) in [5.41, 5.74) is 8.57. The predicted molar refractivity (Wildman–Crippen MR) is 45.4 cm³/mol. The molecule has 0 aromatic carbocycles. The summed E-state index contributed by atoms with van der Waals surface area (Å²) in [6.07, 6.45) is 4.62. The zero-order valence-electron chi connectivity index (χ0n) is 6.67. The van der Waals surface area contributed by atoms with Gasteiger partial charge in [0.25, 0.3) is 0 Å². The van der Waals surface area contributed by atoms with Gasteiger partial charge in [0.05, 0.1) is 5.56 Å². The number of nitrogens with two attached hydrogens (primary N) is 1. The topological polar surface area (TPSA) is 62.7 Å². The molecule has 1 heterocycles. The third kappa shape index (κ3) is 0.850. The molecule has 0 aliphatic heterocycles. The zero-order chi connectivity index (χ0) is 8.55. The van der Waals surface area contributed by atoms with Crippen molar-refractivity contribution in [2.75, 3.05) is 5.73 Å². The van der Waals surface area contributed by atoms with Crippen LogP contribution in [0.3, 0.4) is 0 Å². The number of pyridine rings is 1. The summed E-state index contributed by atoms with van der Waals surface area (Å²) in [6.45, 7) is 0. The Morgan fingerprint density at radius 2 is 2.17 bits per heavy atom. The van der Waals surface area contributed by atoms with Gasteiger partial charge in [-0.2, -0.15) is 5.26 Å². The molecule has 12 heavy (non-hydrogen) atoms. The van der Waals surface area contributed by atoms with Crippen molar-refractivity contribution < 1.29 is 0 Å². The van der Waals surface area contributed by atoms with Crippen LogP contribution in [0.2, 0.25) is 0 Å². The van der Waals surface area contributed by atoms with E-state index < -0.39 is 0 Å². The van der Waals surface area contributed by atoms with Crippen LogP contribution in [0.5, 0.6) is 0 Å². The molecule has 1 aromatic heterocycles. The van der Waals surface area contributed by atoms with E-state index in [2.05, 4.69) is 11.1 Å². The summed E-state index contributed by atoms with van der Waals surface area (Å²) in [5.74, 6) is 0.599. The number of nitriles is 1. The molecule has 0 saturated carbocycles. The van der Waals surface area contributed by atoms with Gasteiger partial charge >= 0.3 is 0 Å². The molecule has 0 saturated heterocycles. The monoisotopic (exact) mass is 159 g/mol. The Labute approximate surface area is 70.8 Å². The first-order chi connectivity index (χ1) is 5.83. The summed E-state index contributed by atoms with van der Waals surface area (Å²) in [6, 6.07) is 2.14. The number of nitrogens with zero attached hydrogens (tertiary/aromatic N) is 2. The van der Waals surface area contributed by atoms with Crippen molar-refractivity contribution in [1.82, 2.24) is 4.98 Å². The van der Waals surface area contributed by atoms with Crippen molar-refractivity contribution in [1.29, 1.82) is 5.26 Å². The zero-order valence-corrected chi connectivity index (χ0v) is 6.67. The summed E-state index contributed by atoms with van der Waals surface area (Å²) < 4.78 is 0. The van der Waals surface area contributed by atoms with Crippen molar-refractivity contribution >= 4 is 5.82 Å². The number of rotatable bonds is 0. The molecule has 3 nitrogen and oxygen atoms in total. The van der Waals surface area contributed by atoms with Crippen molar-refractivity contribution in [3.8, 4) is 6.07 Å². The molecule has 0 fully saturated rings. The van der Waals surface area contributed by atoms with Crippen molar-refractivity contribution in [3.05, 3.63) is 22.9 Å². The molecule has 1 aliphatic carbocycles. The molecule has 1 aromatic rings. The highest BCUT2D eigenvalue weighted by Gasteiger charge is 2.17. The largest absolute Gasteiger partial charge is 0.383 e. The molecule has 3 heteroatoms. The molecular formula is C9H9N3. The van der Waals surface area contributed by atoms with Crippen LogP contribution < -0.4 is 5.73 Å². The summed E-state index contributed by atoms with van der Waals surface area (Å²) in [7, 11) is 0. The van der Waals surface area contributed by atoms with Crippen molar-refractivity contribution in [2.45, 2.75) is 19.3 Å². The van der Waals surface area contributed by atoms with Gasteiger partial charge in [-0.15, -0.1) is 0 Å². The van der Waals surface area contributed by atoms with Crippen LogP contribution in [0.4, 0.5) is 5.82 Å². The lowest BCUT2D eigenvalue weighted by Crippen LogP contribution is -1.99. The van der Waals surface area contributed by atoms with Crippen molar-refractivity contribution in [3.63, 3.8) is 0 Å². The molecule has 60 valence electrons. The van der Waals surface area contributed by atoms with Gasteiger partial charge in [-0.3, -0.25) is 0 Å². The molecule has 0 unspecified atom stereocenters. The molecule has 0 bridgehead atoms. The maximum atomic E-state index is 8.76. The summed E-state index contributed by atoms with van der Waals surface area (Å²) >= 11 is 0. The Bertz CT molecular complexity index is 363. The number of hydrogen-bond acceptors (Lipinski definition) is 3. The van der Waals surface area contributed by atoms with Crippen LogP contribution in [0.1, 0.15) is 23.1 Å². The lowest BCUT2D eigenvalue weighted by molar-refractivity contribution is 0.911. The van der Waals surface area contributed by atoms with E-state index >= 15 is 0 Å². The first-order valence-corrected chi connectivity index (χ1v) is 3.99. The van der Waals surface area contributed by atoms with Crippen molar-refractivity contribution in [2.24, 2.45) is 0 Å². The van der Waals surface area contributed by atoms with E-state index in [1.807, 2.05) is 0 Å². The average molecular weight is 159 g/mol. The maximum Gasteiger partial charge on any atom is 0.126 e. The van der Waals surface area contributed by atoms with Gasteiger partial charge in [0.1, 0.15) is 11.9 Å². The third-order valence-electron chi connectivity index (χ3n) is 2.31. The fourth-order valence-corrected chi connectivity index (χ4v) is 1.71. The van der Waals surface area contributed by atoms with E-state index in [0.717, 1.165) is 30.4 Å². The SMILES string of the molecule is N#Cc1cnc(N)c2c1CCC2. The number of hydrogen-bond donors (Lipinski definition) is 1. The van der Waals surface area contributed by atoms with Crippen LogP contribution in [-0.2, 0) is 12.8 Å². The second-order valence-corrected chi connectivity index (χ2v) is 2.98. The van der Waals surface area contributed by atoms with E-state index in [-0.39, 0.29) is 0 Å². The normalized spacial score (nSPS) is 13.9. The van der Waals surface area contributed by atoms with Crippen LogP contribution in [0.15, 0.2) is 6.20 Å². The Kier molecular flexibility index (Phi) is 1.47. The highest BCUT2D eigenvalue weighted by molar-refractivity contribution is 5.53. The molecule has 0 radical (unpaired) electrons. The van der Waals surface area contributed by atoms with Gasteiger partial charge in [0.15, 0.2) is 0 Å². The van der Waals surface area contributed by atoms with Gasteiger partial charge in [-0.25, -0.2) is 4.98 Å². The third-order valence-corrected chi connectivity index (χ3v) is 2.31. The Hall–Kier alpha value is -1.56. The summed E-state index contributed by atoms with van der Waals surface area (Å²) in [5, 5.41) is 8.76. The first kappa shape index (κ1) is 7.11. The number of nitrogen functional groups attached to an aromatic ring is 1. The van der Waals surface area contributed by atoms with E-state index in [9.17, 15) is 0 Å². The van der Waals surface area contributed by atoms with Gasteiger partial charge in [0.2, 0.25) is 0 Å². The van der Waals surface area contributed by atoms with E-state index in [0.29, 0.717) is 11.4 Å². The Morgan fingerprint density at radius 3 is 2.92 bits per heavy atom. The highest BCUT2D eigenvalue weighted by atomic mass is 14.8. The number of fused-ring (bicyclic) bond motifs is 1. The minimum Gasteiger partial charge on any atom is -0.383 e. The number of anilines is 1. The molecule has 0 amide bonds. The van der Waals surface area contributed by atoms with Crippen LogP contribution in [0, 0.1) is 11.3 Å². The lowest BCUT2D eigenvalue weighted by atomic mass is 10.1. The predicted octanol–water partition coefficient (Wildman–Crippen LogP) is 1.02. The maximum absolute atomic E-state index is 8.76. The molecule has 2 rings (SSSR count). The lowest BCUT2D eigenvalue weighted by Gasteiger charge is -2.02. The van der Waals surface area contributed by atoms with E-state index in [1.54, 1.807) is 6.20 Å². The minimum absolute atomic E-state index is 0.599. The second kappa shape index (κ2) is 2.49. The van der Waals surface area contributed by atoms with Gasteiger partial charge in [-0.05, 0) is 30.4 Å². The van der Waals surface area contributed by atoms with Gasteiger partial charge in [0, 0.05) is 6.20 Å². The smallest absolute Gasteiger partial charge is 0.126 e.